The van der Waals surface area contributed by atoms with E-state index in [0.29, 0.717) is 11.5 Å². The number of tetrazole rings is 1. The molecule has 128 valence electrons. The van der Waals surface area contributed by atoms with Crippen LogP contribution in [0, 0.1) is 0 Å². The number of para-hydroxylation sites is 1. The van der Waals surface area contributed by atoms with Crippen LogP contribution < -0.4 is 14.9 Å². The zero-order valence-corrected chi connectivity index (χ0v) is 13.6. The molecule has 0 atom stereocenters. The van der Waals surface area contributed by atoms with E-state index in [1.54, 1.807) is 12.1 Å². The van der Waals surface area contributed by atoms with Crippen molar-refractivity contribution in [3.05, 3.63) is 48.0 Å². The van der Waals surface area contributed by atoms with Crippen LogP contribution >= 0.6 is 0 Å². The standard InChI is InChI=1S/C16H16N6O3/c1-24-13-8-11(9-14(25-2)15(13)23)10-17-18-16-19-20-21-22(16)12-6-4-3-5-7-12/h3-10,23H,1-2H3,(H,18,19,21). The van der Waals surface area contributed by atoms with E-state index in [2.05, 4.69) is 26.1 Å². The molecule has 0 saturated carbocycles. The van der Waals surface area contributed by atoms with Crippen LogP contribution in [0.25, 0.3) is 5.69 Å². The highest BCUT2D eigenvalue weighted by molar-refractivity contribution is 5.82. The fourth-order valence-corrected chi connectivity index (χ4v) is 2.15. The second-order valence-electron chi connectivity index (χ2n) is 4.89. The Kier molecular flexibility index (Phi) is 4.74. The molecule has 0 unspecified atom stereocenters. The van der Waals surface area contributed by atoms with Gasteiger partial charge in [0.15, 0.2) is 11.5 Å². The molecule has 0 bridgehead atoms. The Morgan fingerprint density at radius 3 is 2.44 bits per heavy atom. The molecular weight excluding hydrogens is 324 g/mol. The summed E-state index contributed by atoms with van der Waals surface area (Å²) < 4.78 is 11.7. The molecule has 25 heavy (non-hydrogen) atoms. The molecule has 0 aliphatic carbocycles. The summed E-state index contributed by atoms with van der Waals surface area (Å²) >= 11 is 0. The van der Waals surface area contributed by atoms with Gasteiger partial charge in [0.05, 0.1) is 26.1 Å². The number of methoxy groups -OCH3 is 2. The third-order valence-electron chi connectivity index (χ3n) is 3.35. The predicted octanol–water partition coefficient (Wildman–Crippen LogP) is 1.83. The zero-order valence-electron chi connectivity index (χ0n) is 13.6. The van der Waals surface area contributed by atoms with Crippen LogP contribution in [0.4, 0.5) is 5.95 Å². The molecule has 1 heterocycles. The molecule has 2 N–H and O–H groups in total. The first-order chi connectivity index (χ1) is 12.2. The number of rotatable bonds is 6. The predicted molar refractivity (Wildman–Crippen MR) is 91.6 cm³/mol. The first-order valence-corrected chi connectivity index (χ1v) is 7.31. The number of phenols is 1. The highest BCUT2D eigenvalue weighted by Gasteiger charge is 2.10. The lowest BCUT2D eigenvalue weighted by Gasteiger charge is -2.09. The van der Waals surface area contributed by atoms with Gasteiger partial charge in [-0.1, -0.05) is 23.3 Å². The Balaban J connectivity index is 1.80. The van der Waals surface area contributed by atoms with E-state index in [1.165, 1.54) is 25.1 Å². The molecule has 0 spiro atoms. The third-order valence-corrected chi connectivity index (χ3v) is 3.35. The number of hydrogen-bond donors (Lipinski definition) is 2. The first-order valence-electron chi connectivity index (χ1n) is 7.31. The molecule has 0 fully saturated rings. The maximum atomic E-state index is 9.91. The van der Waals surface area contributed by atoms with Gasteiger partial charge in [0.1, 0.15) is 0 Å². The zero-order chi connectivity index (χ0) is 17.6. The van der Waals surface area contributed by atoms with Crippen molar-refractivity contribution in [2.75, 3.05) is 19.6 Å². The fourth-order valence-electron chi connectivity index (χ4n) is 2.15. The van der Waals surface area contributed by atoms with Gasteiger partial charge in [-0.25, -0.2) is 5.43 Å². The number of phenolic OH excluding ortho intramolecular Hbond substituents is 1. The van der Waals surface area contributed by atoms with Crippen LogP contribution in [0.5, 0.6) is 17.2 Å². The number of hydrazone groups is 1. The summed E-state index contributed by atoms with van der Waals surface area (Å²) in [5.41, 5.74) is 4.25. The summed E-state index contributed by atoms with van der Waals surface area (Å²) in [4.78, 5) is 0. The number of ether oxygens (including phenoxy) is 2. The van der Waals surface area contributed by atoms with Gasteiger partial charge in [0, 0.05) is 5.56 Å². The van der Waals surface area contributed by atoms with Crippen molar-refractivity contribution in [2.24, 2.45) is 5.10 Å². The monoisotopic (exact) mass is 340 g/mol. The van der Waals surface area contributed by atoms with Crippen LogP contribution in [-0.2, 0) is 0 Å². The lowest BCUT2D eigenvalue weighted by molar-refractivity contribution is 0.340. The van der Waals surface area contributed by atoms with Crippen molar-refractivity contribution in [3.8, 4) is 22.9 Å². The smallest absolute Gasteiger partial charge is 0.268 e. The molecule has 9 nitrogen and oxygen atoms in total. The Morgan fingerprint density at radius 1 is 1.12 bits per heavy atom. The lowest BCUT2D eigenvalue weighted by Crippen LogP contribution is -2.03. The molecule has 3 rings (SSSR count). The van der Waals surface area contributed by atoms with Crippen LogP contribution in [0.2, 0.25) is 0 Å². The molecule has 1 aromatic heterocycles. The lowest BCUT2D eigenvalue weighted by atomic mass is 10.2. The van der Waals surface area contributed by atoms with Gasteiger partial charge in [-0.3, -0.25) is 0 Å². The Labute approximate surface area is 143 Å². The van der Waals surface area contributed by atoms with Gasteiger partial charge >= 0.3 is 0 Å². The molecule has 0 aliphatic rings. The van der Waals surface area contributed by atoms with Crippen molar-refractivity contribution in [1.29, 1.82) is 0 Å². The van der Waals surface area contributed by atoms with E-state index in [0.717, 1.165) is 5.69 Å². The fraction of sp³-hybridized carbons (Fsp3) is 0.125. The summed E-state index contributed by atoms with van der Waals surface area (Å²) in [6.45, 7) is 0. The molecule has 3 aromatic rings. The SMILES string of the molecule is COc1cc(C=NNc2nnnn2-c2ccccc2)cc(OC)c1O. The van der Waals surface area contributed by atoms with E-state index in [1.807, 2.05) is 30.3 Å². The summed E-state index contributed by atoms with van der Waals surface area (Å²) in [6.07, 6.45) is 1.54. The summed E-state index contributed by atoms with van der Waals surface area (Å²) in [6, 6.07) is 12.7. The Hall–Kier alpha value is -3.62. The average Bonchev–Trinajstić information content (AvgIpc) is 3.12. The molecule has 0 amide bonds. The second kappa shape index (κ2) is 7.30. The van der Waals surface area contributed by atoms with E-state index in [-0.39, 0.29) is 17.2 Å². The number of hydrogen-bond acceptors (Lipinski definition) is 8. The van der Waals surface area contributed by atoms with Crippen molar-refractivity contribution >= 4 is 12.2 Å². The minimum Gasteiger partial charge on any atom is -0.502 e. The number of nitrogens with one attached hydrogen (secondary N) is 1. The quantitative estimate of drug-likeness (QED) is 0.521. The maximum Gasteiger partial charge on any atom is 0.268 e. The van der Waals surface area contributed by atoms with Gasteiger partial charge in [0.2, 0.25) is 5.75 Å². The normalized spacial score (nSPS) is 10.8. The second-order valence-corrected chi connectivity index (χ2v) is 4.89. The average molecular weight is 340 g/mol. The van der Waals surface area contributed by atoms with Gasteiger partial charge in [-0.15, -0.1) is 0 Å². The van der Waals surface area contributed by atoms with Gasteiger partial charge in [-0.05, 0) is 34.7 Å². The van der Waals surface area contributed by atoms with Crippen molar-refractivity contribution in [1.82, 2.24) is 20.2 Å². The molecule has 0 radical (unpaired) electrons. The Morgan fingerprint density at radius 2 is 1.80 bits per heavy atom. The largest absolute Gasteiger partial charge is 0.502 e. The number of nitrogens with zero attached hydrogens (tertiary/aromatic N) is 5. The molecular formula is C16H16N6O3. The maximum absolute atomic E-state index is 9.91. The molecule has 0 aliphatic heterocycles. The summed E-state index contributed by atoms with van der Waals surface area (Å²) in [7, 11) is 2.92. The number of aromatic nitrogens is 4. The highest BCUT2D eigenvalue weighted by atomic mass is 16.5. The highest BCUT2D eigenvalue weighted by Crippen LogP contribution is 2.36. The van der Waals surface area contributed by atoms with Gasteiger partial charge in [-0.2, -0.15) is 9.78 Å². The summed E-state index contributed by atoms with van der Waals surface area (Å²) in [5.74, 6) is 0.869. The van der Waals surface area contributed by atoms with E-state index in [9.17, 15) is 5.11 Å². The number of anilines is 1. The summed E-state index contributed by atoms with van der Waals surface area (Å²) in [5, 5.41) is 25.5. The van der Waals surface area contributed by atoms with E-state index >= 15 is 0 Å². The number of aromatic hydroxyl groups is 1. The molecule has 0 saturated heterocycles. The van der Waals surface area contributed by atoms with E-state index < -0.39 is 0 Å². The topological polar surface area (TPSA) is 107 Å². The van der Waals surface area contributed by atoms with Crippen molar-refractivity contribution in [3.63, 3.8) is 0 Å². The molecule has 9 heteroatoms. The van der Waals surface area contributed by atoms with Crippen molar-refractivity contribution < 1.29 is 14.6 Å². The van der Waals surface area contributed by atoms with Crippen LogP contribution in [-0.4, -0.2) is 45.7 Å². The van der Waals surface area contributed by atoms with Crippen LogP contribution in [0.3, 0.4) is 0 Å². The van der Waals surface area contributed by atoms with E-state index in [4.69, 9.17) is 9.47 Å². The van der Waals surface area contributed by atoms with Gasteiger partial charge in [0.25, 0.3) is 5.95 Å². The van der Waals surface area contributed by atoms with Crippen LogP contribution in [0.1, 0.15) is 5.56 Å². The van der Waals surface area contributed by atoms with Crippen LogP contribution in [0.15, 0.2) is 47.6 Å². The molecule has 2 aromatic carbocycles. The Bertz CT molecular complexity index is 854. The number of benzene rings is 2. The minimum absolute atomic E-state index is 0.0665. The first kappa shape index (κ1) is 16.2. The van der Waals surface area contributed by atoms with Crippen molar-refractivity contribution in [2.45, 2.75) is 0 Å². The van der Waals surface area contributed by atoms with Gasteiger partial charge < -0.3 is 14.6 Å². The minimum atomic E-state index is -0.0665. The third kappa shape index (κ3) is 3.50.